The van der Waals surface area contributed by atoms with Gasteiger partial charge in [-0.3, -0.25) is 0 Å². The summed E-state index contributed by atoms with van der Waals surface area (Å²) in [7, 11) is -3.55. The summed E-state index contributed by atoms with van der Waals surface area (Å²) in [5, 5.41) is 0.156. The molecule has 20 heavy (non-hydrogen) atoms. The van der Waals surface area contributed by atoms with Gasteiger partial charge < -0.3 is 5.73 Å². The van der Waals surface area contributed by atoms with E-state index in [2.05, 4.69) is 5.73 Å². The van der Waals surface area contributed by atoms with E-state index in [1.54, 1.807) is 36.4 Å². The van der Waals surface area contributed by atoms with Crippen molar-refractivity contribution < 1.29 is 14.2 Å². The highest BCUT2D eigenvalue weighted by molar-refractivity contribution is 7.91. The van der Waals surface area contributed by atoms with Crippen LogP contribution >= 0.6 is 23.2 Å². The fourth-order valence-electron chi connectivity index (χ4n) is 2.00. The van der Waals surface area contributed by atoms with Crippen LogP contribution in [0.2, 0.25) is 10.0 Å². The summed E-state index contributed by atoms with van der Waals surface area (Å²) >= 11 is 11.9. The third-order valence-corrected chi connectivity index (χ3v) is 5.80. The van der Waals surface area contributed by atoms with Crippen LogP contribution in [0.3, 0.4) is 0 Å². The van der Waals surface area contributed by atoms with E-state index in [-0.39, 0.29) is 11.4 Å². The maximum absolute atomic E-state index is 12.7. The normalized spacial score (nSPS) is 13.2. The molecule has 3 nitrogen and oxygen atoms in total. The van der Waals surface area contributed by atoms with Crippen LogP contribution in [-0.4, -0.2) is 15.0 Å². The molecular formula is C14H14Cl2NO2S+. The van der Waals surface area contributed by atoms with Crippen LogP contribution in [0.15, 0.2) is 53.4 Å². The van der Waals surface area contributed by atoms with Crippen LogP contribution in [0.25, 0.3) is 0 Å². The molecule has 3 N–H and O–H groups in total. The van der Waals surface area contributed by atoms with Gasteiger partial charge in [-0.25, -0.2) is 8.42 Å². The molecule has 2 aromatic rings. The average molecular weight is 331 g/mol. The second-order valence-electron chi connectivity index (χ2n) is 4.30. The molecule has 0 bridgehead atoms. The highest BCUT2D eigenvalue weighted by Gasteiger charge is 2.31. The second-order valence-corrected chi connectivity index (χ2v) is 7.27. The van der Waals surface area contributed by atoms with Gasteiger partial charge in [-0.15, -0.1) is 0 Å². The van der Waals surface area contributed by atoms with Gasteiger partial charge in [-0.05, 0) is 35.9 Å². The predicted octanol–water partition coefficient (Wildman–Crippen LogP) is 2.75. The van der Waals surface area contributed by atoms with Crippen molar-refractivity contribution in [1.82, 2.24) is 0 Å². The molecule has 0 radical (unpaired) electrons. The number of hydrogen-bond acceptors (Lipinski definition) is 2. The molecule has 0 heterocycles. The lowest BCUT2D eigenvalue weighted by Gasteiger charge is -2.16. The molecule has 0 saturated carbocycles. The van der Waals surface area contributed by atoms with E-state index in [0.29, 0.717) is 15.6 Å². The zero-order chi connectivity index (χ0) is 14.8. The van der Waals surface area contributed by atoms with Crippen molar-refractivity contribution in [2.45, 2.75) is 10.1 Å². The molecule has 0 unspecified atom stereocenters. The first kappa shape index (κ1) is 15.3. The minimum atomic E-state index is -3.55. The van der Waals surface area contributed by atoms with E-state index >= 15 is 0 Å². The van der Waals surface area contributed by atoms with Crippen molar-refractivity contribution in [2.75, 3.05) is 6.54 Å². The number of halogens is 2. The van der Waals surface area contributed by atoms with Crippen molar-refractivity contribution in [1.29, 1.82) is 0 Å². The van der Waals surface area contributed by atoms with Gasteiger partial charge in [0.05, 0.1) is 11.4 Å². The molecule has 0 aliphatic heterocycles. The van der Waals surface area contributed by atoms with E-state index in [9.17, 15) is 8.42 Å². The first-order valence-corrected chi connectivity index (χ1v) is 8.30. The van der Waals surface area contributed by atoms with Crippen molar-refractivity contribution in [3.63, 3.8) is 0 Å². The summed E-state index contributed by atoms with van der Waals surface area (Å²) in [6, 6.07) is 13.0. The minimum Gasteiger partial charge on any atom is -0.356 e. The molecule has 2 rings (SSSR count). The summed E-state index contributed by atoms with van der Waals surface area (Å²) in [6.07, 6.45) is 0. The quantitative estimate of drug-likeness (QED) is 0.936. The standard InChI is InChI=1S/C14H13Cl2NO2S/c15-10-5-7-11(8-6-10)20(18,19)14(9-17)12-3-1-2-4-13(12)16/h1-8,14H,9,17H2/p+1/t14-/m0/s1. The monoisotopic (exact) mass is 330 g/mol. The lowest BCUT2D eigenvalue weighted by Crippen LogP contribution is -2.54. The van der Waals surface area contributed by atoms with Crippen LogP contribution in [0, 0.1) is 0 Å². The van der Waals surface area contributed by atoms with Crippen LogP contribution in [-0.2, 0) is 9.84 Å². The Labute approximate surface area is 128 Å². The maximum Gasteiger partial charge on any atom is 0.190 e. The average Bonchev–Trinajstić information content (AvgIpc) is 2.42. The molecule has 0 aliphatic rings. The Kier molecular flexibility index (Phi) is 4.70. The van der Waals surface area contributed by atoms with Gasteiger partial charge in [0.2, 0.25) is 0 Å². The smallest absolute Gasteiger partial charge is 0.190 e. The predicted molar refractivity (Wildman–Crippen MR) is 80.6 cm³/mol. The fourth-order valence-corrected chi connectivity index (χ4v) is 4.15. The zero-order valence-corrected chi connectivity index (χ0v) is 12.9. The van der Waals surface area contributed by atoms with E-state index in [1.807, 2.05) is 0 Å². The Morgan fingerprint density at radius 2 is 1.60 bits per heavy atom. The highest BCUT2D eigenvalue weighted by atomic mass is 35.5. The minimum absolute atomic E-state index is 0.203. The molecule has 1 atom stereocenters. The molecule has 0 saturated heterocycles. The molecule has 6 heteroatoms. The molecule has 0 aromatic heterocycles. The number of sulfone groups is 1. The third kappa shape index (κ3) is 2.99. The largest absolute Gasteiger partial charge is 0.356 e. The Hall–Kier alpha value is -1.07. The number of hydrogen-bond donors (Lipinski definition) is 1. The van der Waals surface area contributed by atoms with E-state index < -0.39 is 15.1 Å². The van der Waals surface area contributed by atoms with Crippen LogP contribution in [0.4, 0.5) is 0 Å². The lowest BCUT2D eigenvalue weighted by atomic mass is 10.1. The molecular weight excluding hydrogens is 317 g/mol. The van der Waals surface area contributed by atoms with E-state index in [0.717, 1.165) is 0 Å². The lowest BCUT2D eigenvalue weighted by molar-refractivity contribution is -0.367. The van der Waals surface area contributed by atoms with Gasteiger partial charge in [0, 0.05) is 10.0 Å². The first-order valence-electron chi connectivity index (χ1n) is 6.00. The summed E-state index contributed by atoms with van der Waals surface area (Å²) < 4.78 is 25.4. The highest BCUT2D eigenvalue weighted by Crippen LogP contribution is 2.32. The number of benzene rings is 2. The van der Waals surface area contributed by atoms with Crippen LogP contribution in [0.5, 0.6) is 0 Å². The first-order chi connectivity index (χ1) is 9.46. The fraction of sp³-hybridized carbons (Fsp3) is 0.143. The van der Waals surface area contributed by atoms with Crippen molar-refractivity contribution in [3.8, 4) is 0 Å². The molecule has 0 amide bonds. The summed E-state index contributed by atoms with van der Waals surface area (Å²) in [6.45, 7) is 0.203. The van der Waals surface area contributed by atoms with Gasteiger partial charge in [0.15, 0.2) is 9.84 Å². The topological polar surface area (TPSA) is 61.8 Å². The summed E-state index contributed by atoms with van der Waals surface area (Å²) in [4.78, 5) is 0.218. The third-order valence-electron chi connectivity index (χ3n) is 3.03. The van der Waals surface area contributed by atoms with Gasteiger partial charge in [0.25, 0.3) is 0 Å². The number of quaternary nitrogens is 1. The second kappa shape index (κ2) is 6.14. The molecule has 106 valence electrons. The zero-order valence-electron chi connectivity index (χ0n) is 10.6. The summed E-state index contributed by atoms with van der Waals surface area (Å²) in [5.41, 5.74) is 4.32. The Bertz CT molecular complexity index is 699. The van der Waals surface area contributed by atoms with Gasteiger partial charge in [-0.1, -0.05) is 41.4 Å². The molecule has 0 spiro atoms. The molecule has 0 aliphatic carbocycles. The van der Waals surface area contributed by atoms with E-state index in [1.165, 1.54) is 12.1 Å². The Balaban J connectivity index is 2.51. The van der Waals surface area contributed by atoms with E-state index in [4.69, 9.17) is 23.2 Å². The van der Waals surface area contributed by atoms with Gasteiger partial charge >= 0.3 is 0 Å². The number of rotatable bonds is 4. The Morgan fingerprint density at radius 3 is 2.15 bits per heavy atom. The van der Waals surface area contributed by atoms with Crippen molar-refractivity contribution in [3.05, 3.63) is 64.1 Å². The maximum atomic E-state index is 12.7. The van der Waals surface area contributed by atoms with Gasteiger partial charge in [-0.2, -0.15) is 0 Å². The van der Waals surface area contributed by atoms with Crippen molar-refractivity contribution >= 4 is 33.0 Å². The van der Waals surface area contributed by atoms with Crippen molar-refractivity contribution in [2.24, 2.45) is 0 Å². The van der Waals surface area contributed by atoms with Gasteiger partial charge in [0.1, 0.15) is 5.25 Å². The Morgan fingerprint density at radius 1 is 1.00 bits per heavy atom. The SMILES string of the molecule is [NH3+]C[C@@H](c1ccccc1Cl)S(=O)(=O)c1ccc(Cl)cc1. The van der Waals surface area contributed by atoms with Crippen LogP contribution < -0.4 is 5.73 Å². The summed E-state index contributed by atoms with van der Waals surface area (Å²) in [5.74, 6) is 0. The molecule has 0 fully saturated rings. The molecule has 2 aromatic carbocycles. The van der Waals surface area contributed by atoms with Crippen LogP contribution in [0.1, 0.15) is 10.8 Å².